The summed E-state index contributed by atoms with van der Waals surface area (Å²) in [5, 5.41) is 3.43. The van der Waals surface area contributed by atoms with Gasteiger partial charge in [0.15, 0.2) is 0 Å². The summed E-state index contributed by atoms with van der Waals surface area (Å²) in [6, 6.07) is 7.47. The van der Waals surface area contributed by atoms with Crippen molar-refractivity contribution in [3.05, 3.63) is 35.6 Å². The van der Waals surface area contributed by atoms with Crippen molar-refractivity contribution in [2.75, 3.05) is 19.8 Å². The van der Waals surface area contributed by atoms with Crippen LogP contribution < -0.4 is 5.32 Å². The minimum absolute atomic E-state index is 0.171. The monoisotopic (exact) mass is 279 g/mol. The number of hydrogen-bond donors (Lipinski definition) is 1. The first kappa shape index (κ1) is 14.0. The van der Waals surface area contributed by atoms with Gasteiger partial charge in [0.05, 0.1) is 18.8 Å². The molecule has 0 bridgehead atoms. The summed E-state index contributed by atoms with van der Waals surface area (Å²) in [7, 11) is 0. The molecule has 1 aromatic rings. The van der Waals surface area contributed by atoms with Gasteiger partial charge in [0.2, 0.25) is 0 Å². The molecular weight excluding hydrogens is 257 g/mol. The second kappa shape index (κ2) is 6.66. The van der Waals surface area contributed by atoms with Gasteiger partial charge >= 0.3 is 0 Å². The number of benzene rings is 1. The molecule has 0 amide bonds. The summed E-state index contributed by atoms with van der Waals surface area (Å²) in [4.78, 5) is 0. The zero-order valence-corrected chi connectivity index (χ0v) is 11.7. The molecule has 20 heavy (non-hydrogen) atoms. The van der Waals surface area contributed by atoms with E-state index in [0.29, 0.717) is 24.8 Å². The lowest BCUT2D eigenvalue weighted by Crippen LogP contribution is -2.28. The first-order valence-corrected chi connectivity index (χ1v) is 7.54. The number of nitrogens with one attached hydrogen (secondary N) is 1. The Kier molecular flexibility index (Phi) is 4.65. The Hall–Kier alpha value is -0.970. The van der Waals surface area contributed by atoms with Crippen LogP contribution in [0.3, 0.4) is 0 Å². The van der Waals surface area contributed by atoms with E-state index in [1.807, 2.05) is 12.1 Å². The predicted molar refractivity (Wildman–Crippen MR) is 75.1 cm³/mol. The highest BCUT2D eigenvalue weighted by atomic mass is 19.1. The Bertz CT molecular complexity index is 430. The van der Waals surface area contributed by atoms with E-state index in [1.54, 1.807) is 6.07 Å². The molecule has 2 unspecified atom stereocenters. The third-order valence-corrected chi connectivity index (χ3v) is 3.93. The van der Waals surface area contributed by atoms with E-state index in [1.165, 1.54) is 18.9 Å². The van der Waals surface area contributed by atoms with Crippen molar-refractivity contribution >= 4 is 0 Å². The maximum atomic E-state index is 13.9. The van der Waals surface area contributed by atoms with Crippen LogP contribution in [0.1, 0.15) is 37.4 Å². The summed E-state index contributed by atoms with van der Waals surface area (Å²) in [5.41, 5.74) is 0.638. The molecular formula is C16H22FNO2. The average molecular weight is 279 g/mol. The van der Waals surface area contributed by atoms with Crippen molar-refractivity contribution < 1.29 is 13.9 Å². The van der Waals surface area contributed by atoms with Gasteiger partial charge < -0.3 is 14.8 Å². The van der Waals surface area contributed by atoms with E-state index in [0.717, 1.165) is 19.4 Å². The van der Waals surface area contributed by atoms with Gasteiger partial charge in [-0.05, 0) is 31.7 Å². The summed E-state index contributed by atoms with van der Waals surface area (Å²) in [5.74, 6) is -0.192. The molecule has 3 nitrogen and oxygen atoms in total. The number of ether oxygens (including phenoxy) is 2. The molecule has 1 saturated heterocycles. The minimum atomic E-state index is -0.235. The number of halogens is 1. The van der Waals surface area contributed by atoms with E-state index < -0.39 is 0 Å². The molecule has 110 valence electrons. The lowest BCUT2D eigenvalue weighted by atomic mass is 10.1. The first-order valence-electron chi connectivity index (χ1n) is 7.54. The van der Waals surface area contributed by atoms with Crippen LogP contribution >= 0.6 is 0 Å². The van der Waals surface area contributed by atoms with Crippen LogP contribution in [0.4, 0.5) is 4.39 Å². The fourth-order valence-electron chi connectivity index (χ4n) is 2.56. The van der Waals surface area contributed by atoms with Crippen molar-refractivity contribution in [3.8, 4) is 0 Å². The van der Waals surface area contributed by atoms with Crippen molar-refractivity contribution in [2.45, 2.75) is 43.9 Å². The maximum absolute atomic E-state index is 13.9. The summed E-state index contributed by atoms with van der Waals surface area (Å²) >= 11 is 0. The number of hydrogen-bond acceptors (Lipinski definition) is 3. The predicted octanol–water partition coefficient (Wildman–Crippen LogP) is 2.81. The van der Waals surface area contributed by atoms with Gasteiger partial charge in [-0.2, -0.15) is 0 Å². The highest BCUT2D eigenvalue weighted by molar-refractivity contribution is 5.20. The standard InChI is InChI=1S/C16H22FNO2/c17-15-6-2-1-5-14(15)16(10-18-12-7-8-12)20-11-13-4-3-9-19-13/h1-2,5-6,12-13,16,18H,3-4,7-11H2. The molecule has 1 aliphatic carbocycles. The van der Waals surface area contributed by atoms with Crippen LogP contribution in [0.2, 0.25) is 0 Å². The fourth-order valence-corrected chi connectivity index (χ4v) is 2.56. The molecule has 2 aliphatic rings. The topological polar surface area (TPSA) is 30.5 Å². The lowest BCUT2D eigenvalue weighted by molar-refractivity contribution is -0.0221. The minimum Gasteiger partial charge on any atom is -0.376 e. The third-order valence-electron chi connectivity index (χ3n) is 3.93. The second-order valence-corrected chi connectivity index (χ2v) is 5.66. The van der Waals surface area contributed by atoms with Gasteiger partial charge in [0.25, 0.3) is 0 Å². The van der Waals surface area contributed by atoms with Crippen molar-refractivity contribution in [1.29, 1.82) is 0 Å². The van der Waals surface area contributed by atoms with Crippen LogP contribution in [-0.2, 0) is 9.47 Å². The first-order chi connectivity index (χ1) is 9.83. The van der Waals surface area contributed by atoms with E-state index in [-0.39, 0.29) is 18.0 Å². The van der Waals surface area contributed by atoms with E-state index in [2.05, 4.69) is 5.32 Å². The van der Waals surface area contributed by atoms with Gasteiger partial charge in [0.1, 0.15) is 5.82 Å². The highest BCUT2D eigenvalue weighted by Gasteiger charge is 2.25. The van der Waals surface area contributed by atoms with E-state index in [4.69, 9.17) is 9.47 Å². The molecule has 1 N–H and O–H groups in total. The van der Waals surface area contributed by atoms with Crippen LogP contribution in [-0.4, -0.2) is 31.9 Å². The molecule has 0 aromatic heterocycles. The third kappa shape index (κ3) is 3.78. The zero-order chi connectivity index (χ0) is 13.8. The Labute approximate surface area is 119 Å². The fraction of sp³-hybridized carbons (Fsp3) is 0.625. The van der Waals surface area contributed by atoms with Crippen LogP contribution in [0, 0.1) is 5.82 Å². The Morgan fingerprint density at radius 1 is 1.30 bits per heavy atom. The van der Waals surface area contributed by atoms with Crippen LogP contribution in [0.25, 0.3) is 0 Å². The molecule has 2 atom stereocenters. The molecule has 3 rings (SSSR count). The molecule has 1 aliphatic heterocycles. The molecule has 2 fully saturated rings. The summed E-state index contributed by atoms with van der Waals surface area (Å²) in [6.07, 6.45) is 4.51. The van der Waals surface area contributed by atoms with E-state index >= 15 is 0 Å². The molecule has 0 spiro atoms. The van der Waals surface area contributed by atoms with Crippen molar-refractivity contribution in [3.63, 3.8) is 0 Å². The van der Waals surface area contributed by atoms with Gasteiger partial charge in [-0.25, -0.2) is 4.39 Å². The van der Waals surface area contributed by atoms with Gasteiger partial charge in [-0.15, -0.1) is 0 Å². The Morgan fingerprint density at radius 2 is 2.15 bits per heavy atom. The largest absolute Gasteiger partial charge is 0.376 e. The molecule has 1 heterocycles. The van der Waals surface area contributed by atoms with Gasteiger partial charge in [-0.3, -0.25) is 0 Å². The Morgan fingerprint density at radius 3 is 2.85 bits per heavy atom. The number of rotatable bonds is 7. The van der Waals surface area contributed by atoms with Gasteiger partial charge in [0, 0.05) is 24.8 Å². The quantitative estimate of drug-likeness (QED) is 0.832. The van der Waals surface area contributed by atoms with Crippen molar-refractivity contribution in [1.82, 2.24) is 5.32 Å². The summed E-state index contributed by atoms with van der Waals surface area (Å²) < 4.78 is 25.5. The van der Waals surface area contributed by atoms with Crippen LogP contribution in [0.15, 0.2) is 24.3 Å². The normalized spacial score (nSPS) is 23.9. The smallest absolute Gasteiger partial charge is 0.129 e. The highest BCUT2D eigenvalue weighted by Crippen LogP contribution is 2.25. The molecule has 1 aromatic carbocycles. The Balaban J connectivity index is 1.60. The average Bonchev–Trinajstić information content (AvgIpc) is 3.14. The second-order valence-electron chi connectivity index (χ2n) is 5.66. The lowest BCUT2D eigenvalue weighted by Gasteiger charge is -2.21. The maximum Gasteiger partial charge on any atom is 0.129 e. The van der Waals surface area contributed by atoms with Gasteiger partial charge in [-0.1, -0.05) is 18.2 Å². The molecule has 0 radical (unpaired) electrons. The SMILES string of the molecule is Fc1ccccc1C(CNC1CC1)OCC1CCCO1. The molecule has 4 heteroatoms. The molecule has 1 saturated carbocycles. The zero-order valence-electron chi connectivity index (χ0n) is 11.7. The summed E-state index contributed by atoms with van der Waals surface area (Å²) in [6.45, 7) is 2.03. The van der Waals surface area contributed by atoms with Crippen LogP contribution in [0.5, 0.6) is 0 Å². The van der Waals surface area contributed by atoms with Crippen molar-refractivity contribution in [2.24, 2.45) is 0 Å². The van der Waals surface area contributed by atoms with E-state index in [9.17, 15) is 4.39 Å².